The first-order valence-corrected chi connectivity index (χ1v) is 4.04. The Bertz CT molecular complexity index is 344. The van der Waals surface area contributed by atoms with Crippen molar-refractivity contribution in [1.29, 1.82) is 0 Å². The van der Waals surface area contributed by atoms with Gasteiger partial charge in [-0.1, -0.05) is 0 Å². The molecule has 0 aliphatic heterocycles. The Labute approximate surface area is 83.8 Å². The Morgan fingerprint density at radius 1 is 1.47 bits per heavy atom. The highest BCUT2D eigenvalue weighted by molar-refractivity contribution is 5.71. The zero-order valence-electron chi connectivity index (χ0n) is 7.54. The van der Waals surface area contributed by atoms with Gasteiger partial charge in [-0.2, -0.15) is 0 Å². The molecular weight excluding hydrogens is 211 g/mol. The summed E-state index contributed by atoms with van der Waals surface area (Å²) in [5.41, 5.74) is 0.229. The maximum absolute atomic E-state index is 13.1. The van der Waals surface area contributed by atoms with Gasteiger partial charge in [-0.05, 0) is 12.1 Å². The maximum Gasteiger partial charge on any atom is 0.272 e. The van der Waals surface area contributed by atoms with E-state index in [4.69, 9.17) is 0 Å². The molecule has 1 aromatic rings. The van der Waals surface area contributed by atoms with Crippen molar-refractivity contribution in [2.75, 3.05) is 11.9 Å². The molecule has 1 N–H and O–H groups in total. The van der Waals surface area contributed by atoms with Gasteiger partial charge in [0.25, 0.3) is 6.43 Å². The molecule has 0 fully saturated rings. The fourth-order valence-electron chi connectivity index (χ4n) is 0.928. The number of alkyl halides is 2. The predicted molar refractivity (Wildman–Crippen MR) is 47.6 cm³/mol. The molecule has 82 valence electrons. The first-order valence-electron chi connectivity index (χ1n) is 4.04. The van der Waals surface area contributed by atoms with E-state index in [-0.39, 0.29) is 11.4 Å². The van der Waals surface area contributed by atoms with E-state index in [0.29, 0.717) is 6.41 Å². The highest BCUT2D eigenvalue weighted by atomic mass is 19.3. The van der Waals surface area contributed by atoms with Crippen molar-refractivity contribution in [3.63, 3.8) is 0 Å². The average Bonchev–Trinajstić information content (AvgIpc) is 2.17. The minimum atomic E-state index is -2.66. The predicted octanol–water partition coefficient (Wildman–Crippen LogP) is 2.04. The highest BCUT2D eigenvalue weighted by Crippen LogP contribution is 2.21. The van der Waals surface area contributed by atoms with Crippen LogP contribution in [-0.2, 0) is 4.79 Å². The Hall–Kier alpha value is -1.72. The van der Waals surface area contributed by atoms with Crippen molar-refractivity contribution < 1.29 is 22.7 Å². The first kappa shape index (κ1) is 11.4. The third-order valence-corrected chi connectivity index (χ3v) is 1.52. The van der Waals surface area contributed by atoms with Crippen LogP contribution in [0.2, 0.25) is 0 Å². The van der Waals surface area contributed by atoms with Crippen LogP contribution >= 0.6 is 0 Å². The molecule has 0 unspecified atom stereocenters. The van der Waals surface area contributed by atoms with Crippen LogP contribution in [0.3, 0.4) is 0 Å². The number of carbonyl (C=O) groups is 1. The molecule has 0 saturated heterocycles. The van der Waals surface area contributed by atoms with E-state index in [2.05, 4.69) is 10.1 Å². The largest absolute Gasteiger partial charge is 0.485 e. The van der Waals surface area contributed by atoms with E-state index in [1.807, 2.05) is 0 Å². The molecule has 0 bridgehead atoms. The third-order valence-electron chi connectivity index (χ3n) is 1.52. The van der Waals surface area contributed by atoms with E-state index in [9.17, 15) is 18.0 Å². The molecule has 0 radical (unpaired) electrons. The second-order valence-electron chi connectivity index (χ2n) is 2.61. The molecule has 0 aliphatic rings. The van der Waals surface area contributed by atoms with E-state index in [1.165, 1.54) is 12.1 Å². The summed E-state index contributed by atoms with van der Waals surface area (Å²) in [7, 11) is 0. The van der Waals surface area contributed by atoms with E-state index in [0.717, 1.165) is 6.07 Å². The quantitative estimate of drug-likeness (QED) is 0.769. The SMILES string of the molecule is O=CNc1ccc(OCC(F)F)c(F)c1. The molecule has 15 heavy (non-hydrogen) atoms. The fourth-order valence-corrected chi connectivity index (χ4v) is 0.928. The molecule has 0 aromatic heterocycles. The van der Waals surface area contributed by atoms with Crippen LogP contribution in [0.1, 0.15) is 0 Å². The second-order valence-corrected chi connectivity index (χ2v) is 2.61. The molecule has 0 saturated carbocycles. The summed E-state index contributed by atoms with van der Waals surface area (Å²) in [4.78, 5) is 10.0. The second kappa shape index (κ2) is 5.23. The van der Waals surface area contributed by atoms with Gasteiger partial charge in [0.2, 0.25) is 6.41 Å². The number of halogens is 3. The third kappa shape index (κ3) is 3.49. The molecule has 6 heteroatoms. The maximum atomic E-state index is 13.1. The van der Waals surface area contributed by atoms with Gasteiger partial charge in [0.05, 0.1) is 0 Å². The van der Waals surface area contributed by atoms with Crippen LogP contribution in [0.5, 0.6) is 5.75 Å². The van der Waals surface area contributed by atoms with Gasteiger partial charge in [0.1, 0.15) is 6.61 Å². The van der Waals surface area contributed by atoms with Crippen LogP contribution in [0.25, 0.3) is 0 Å². The Balaban J connectivity index is 2.70. The molecular formula is C9H8F3NO2. The van der Waals surface area contributed by atoms with Gasteiger partial charge >= 0.3 is 0 Å². The van der Waals surface area contributed by atoms with E-state index in [1.54, 1.807) is 0 Å². The minimum Gasteiger partial charge on any atom is -0.485 e. The van der Waals surface area contributed by atoms with Gasteiger partial charge in [-0.15, -0.1) is 0 Å². The number of hydrogen-bond acceptors (Lipinski definition) is 2. The molecule has 0 atom stereocenters. The lowest BCUT2D eigenvalue weighted by molar-refractivity contribution is -0.105. The summed E-state index contributed by atoms with van der Waals surface area (Å²) in [5, 5.41) is 2.22. The Morgan fingerprint density at radius 3 is 2.73 bits per heavy atom. The number of anilines is 1. The zero-order valence-corrected chi connectivity index (χ0v) is 7.54. The summed E-state index contributed by atoms with van der Waals surface area (Å²) in [6.07, 6.45) is -2.27. The van der Waals surface area contributed by atoms with Crippen LogP contribution in [-0.4, -0.2) is 19.4 Å². The monoisotopic (exact) mass is 219 g/mol. The number of carbonyl (C=O) groups excluding carboxylic acids is 1. The fraction of sp³-hybridized carbons (Fsp3) is 0.222. The van der Waals surface area contributed by atoms with Crippen molar-refractivity contribution in [1.82, 2.24) is 0 Å². The zero-order chi connectivity index (χ0) is 11.3. The van der Waals surface area contributed by atoms with Crippen LogP contribution in [0.15, 0.2) is 18.2 Å². The Morgan fingerprint density at radius 2 is 2.20 bits per heavy atom. The highest BCUT2D eigenvalue weighted by Gasteiger charge is 2.08. The van der Waals surface area contributed by atoms with Crippen LogP contribution in [0.4, 0.5) is 18.9 Å². The topological polar surface area (TPSA) is 38.3 Å². The van der Waals surface area contributed by atoms with Crippen molar-refractivity contribution in [3.8, 4) is 5.75 Å². The van der Waals surface area contributed by atoms with Gasteiger partial charge in [-0.3, -0.25) is 4.79 Å². The number of hydrogen-bond donors (Lipinski definition) is 1. The summed E-state index contributed by atoms with van der Waals surface area (Å²) in [6, 6.07) is 3.50. The van der Waals surface area contributed by atoms with E-state index < -0.39 is 18.8 Å². The van der Waals surface area contributed by atoms with Crippen molar-refractivity contribution in [2.24, 2.45) is 0 Å². The smallest absolute Gasteiger partial charge is 0.272 e. The standard InChI is InChI=1S/C9H8F3NO2/c10-7-3-6(13-5-14)1-2-8(7)15-4-9(11)12/h1-3,5,9H,4H2,(H,13,14). The van der Waals surface area contributed by atoms with Gasteiger partial charge in [-0.25, -0.2) is 13.2 Å². The average molecular weight is 219 g/mol. The van der Waals surface area contributed by atoms with Crippen molar-refractivity contribution >= 4 is 12.1 Å². The van der Waals surface area contributed by atoms with Gasteiger partial charge in [0.15, 0.2) is 11.6 Å². The van der Waals surface area contributed by atoms with E-state index >= 15 is 0 Å². The van der Waals surface area contributed by atoms with Crippen molar-refractivity contribution in [3.05, 3.63) is 24.0 Å². The molecule has 0 heterocycles. The van der Waals surface area contributed by atoms with Crippen LogP contribution in [0, 0.1) is 5.82 Å². The normalized spacial score (nSPS) is 10.1. The lowest BCUT2D eigenvalue weighted by Crippen LogP contribution is -2.08. The lowest BCUT2D eigenvalue weighted by atomic mass is 10.3. The molecule has 0 spiro atoms. The number of amides is 1. The van der Waals surface area contributed by atoms with Gasteiger partial charge in [0, 0.05) is 11.8 Å². The number of rotatable bonds is 5. The summed E-state index contributed by atoms with van der Waals surface area (Å²) in [6.45, 7) is -0.864. The first-order chi connectivity index (χ1) is 7.13. The summed E-state index contributed by atoms with van der Waals surface area (Å²) >= 11 is 0. The Kier molecular flexibility index (Phi) is 3.96. The molecule has 1 amide bonds. The van der Waals surface area contributed by atoms with Crippen molar-refractivity contribution in [2.45, 2.75) is 6.43 Å². The lowest BCUT2D eigenvalue weighted by Gasteiger charge is -2.07. The number of nitrogens with one attached hydrogen (secondary N) is 1. The number of benzene rings is 1. The summed E-state index contributed by atoms with van der Waals surface area (Å²) < 4.78 is 41.1. The number of ether oxygens (including phenoxy) is 1. The van der Waals surface area contributed by atoms with Crippen LogP contribution < -0.4 is 10.1 Å². The van der Waals surface area contributed by atoms with Gasteiger partial charge < -0.3 is 10.1 Å². The molecule has 0 aliphatic carbocycles. The summed E-state index contributed by atoms with van der Waals surface area (Å²) in [5.74, 6) is -1.07. The minimum absolute atomic E-state index is 0.229. The molecule has 3 nitrogen and oxygen atoms in total. The molecule has 1 aromatic carbocycles. The molecule has 1 rings (SSSR count).